The molecule has 0 aromatic heterocycles. The highest BCUT2D eigenvalue weighted by molar-refractivity contribution is 7.47. The average molecular weight is 694 g/mol. The summed E-state index contributed by atoms with van der Waals surface area (Å²) < 4.78 is 33.1. The normalized spacial score (nSPS) is 14.5. The molecule has 0 bridgehead atoms. The van der Waals surface area contributed by atoms with E-state index in [-0.39, 0.29) is 32.8 Å². The van der Waals surface area contributed by atoms with Crippen LogP contribution in [0, 0.1) is 0 Å². The monoisotopic (exact) mass is 693 g/mol. The van der Waals surface area contributed by atoms with E-state index >= 15 is 0 Å². The van der Waals surface area contributed by atoms with Crippen molar-refractivity contribution in [3.8, 4) is 0 Å². The Morgan fingerprint density at radius 2 is 1.17 bits per heavy atom. The Morgan fingerprint density at radius 3 is 1.73 bits per heavy atom. The van der Waals surface area contributed by atoms with Gasteiger partial charge in [0.15, 0.2) is 0 Å². The molecule has 3 N–H and O–H groups in total. The average Bonchev–Trinajstić information content (AvgIpc) is 3.07. The van der Waals surface area contributed by atoms with E-state index < -0.39 is 19.9 Å². The van der Waals surface area contributed by atoms with Crippen molar-refractivity contribution >= 4 is 13.8 Å². The second-order valence-electron chi connectivity index (χ2n) is 11.7. The predicted octanol–water partition coefficient (Wildman–Crippen LogP) is 10.4. The highest BCUT2D eigenvalue weighted by Crippen LogP contribution is 2.43. The molecule has 2 unspecified atom stereocenters. The van der Waals surface area contributed by atoms with Crippen molar-refractivity contribution in [2.24, 2.45) is 5.73 Å². The Labute approximate surface area is 293 Å². The van der Waals surface area contributed by atoms with Crippen LogP contribution in [0.25, 0.3) is 0 Å². The van der Waals surface area contributed by atoms with E-state index in [4.69, 9.17) is 24.3 Å². The van der Waals surface area contributed by atoms with Crippen molar-refractivity contribution in [1.29, 1.82) is 0 Å². The van der Waals surface area contributed by atoms with Gasteiger partial charge in [-0.25, -0.2) is 4.57 Å². The van der Waals surface area contributed by atoms with E-state index in [0.29, 0.717) is 13.0 Å². The lowest BCUT2D eigenvalue weighted by Gasteiger charge is -2.19. The summed E-state index contributed by atoms with van der Waals surface area (Å²) in [4.78, 5) is 22.3. The summed E-state index contributed by atoms with van der Waals surface area (Å²) >= 11 is 0. The summed E-state index contributed by atoms with van der Waals surface area (Å²) in [5.41, 5.74) is 5.34. The minimum atomic E-state index is -4.30. The summed E-state index contributed by atoms with van der Waals surface area (Å²) in [7, 11) is -4.30. The smallest absolute Gasteiger partial charge is 0.457 e. The second kappa shape index (κ2) is 36.2. The number of rotatable bonds is 34. The van der Waals surface area contributed by atoms with Gasteiger partial charge >= 0.3 is 13.8 Å². The zero-order valence-corrected chi connectivity index (χ0v) is 31.1. The zero-order chi connectivity index (χ0) is 35.2. The van der Waals surface area contributed by atoms with Crippen molar-refractivity contribution in [2.45, 2.75) is 136 Å². The molecule has 0 aliphatic heterocycles. The predicted molar refractivity (Wildman–Crippen MR) is 201 cm³/mol. The number of nitrogens with two attached hydrogens (primary N) is 1. The molecule has 0 radical (unpaired) electrons. The fourth-order valence-corrected chi connectivity index (χ4v) is 5.24. The molecule has 0 rings (SSSR count). The summed E-state index contributed by atoms with van der Waals surface area (Å²) in [6.45, 7) is 4.61. The van der Waals surface area contributed by atoms with Gasteiger partial charge in [-0.1, -0.05) is 132 Å². The van der Waals surface area contributed by atoms with Gasteiger partial charge in [0.1, 0.15) is 6.10 Å². The number of allylic oxidation sites excluding steroid dienone is 11. The van der Waals surface area contributed by atoms with E-state index in [1.807, 2.05) is 6.08 Å². The molecule has 0 fully saturated rings. The molecule has 0 aromatic rings. The molecule has 2 atom stereocenters. The van der Waals surface area contributed by atoms with Gasteiger partial charge in [-0.2, -0.15) is 0 Å². The molecule has 0 saturated carbocycles. The van der Waals surface area contributed by atoms with Gasteiger partial charge < -0.3 is 20.1 Å². The van der Waals surface area contributed by atoms with Crippen LogP contribution in [-0.4, -0.2) is 49.9 Å². The SMILES string of the molecule is CC/C=C\C/C=C\C/C=C\C/C=C\C/C=C\CC(=O)OC(COCCCCCCCC/C=C\CCCCCC)COP(=O)(O)OCCN. The maximum Gasteiger partial charge on any atom is 0.472 e. The van der Waals surface area contributed by atoms with E-state index in [2.05, 4.69) is 74.6 Å². The van der Waals surface area contributed by atoms with Crippen molar-refractivity contribution in [3.63, 3.8) is 0 Å². The van der Waals surface area contributed by atoms with Crippen LogP contribution in [0.2, 0.25) is 0 Å². The maximum absolute atomic E-state index is 12.5. The maximum atomic E-state index is 12.5. The first-order valence-electron chi connectivity index (χ1n) is 18.4. The minimum absolute atomic E-state index is 0.0685. The van der Waals surface area contributed by atoms with Gasteiger partial charge in [0.25, 0.3) is 0 Å². The van der Waals surface area contributed by atoms with Crippen LogP contribution < -0.4 is 5.73 Å². The number of hydrogen-bond acceptors (Lipinski definition) is 7. The van der Waals surface area contributed by atoms with Gasteiger partial charge in [0.2, 0.25) is 0 Å². The van der Waals surface area contributed by atoms with Crippen molar-refractivity contribution in [1.82, 2.24) is 0 Å². The second-order valence-corrected chi connectivity index (χ2v) is 13.2. The number of esters is 1. The molecule has 9 heteroatoms. The van der Waals surface area contributed by atoms with E-state index in [0.717, 1.165) is 51.4 Å². The largest absolute Gasteiger partial charge is 0.472 e. The molecule has 48 heavy (non-hydrogen) atoms. The third kappa shape index (κ3) is 35.3. The first-order valence-corrected chi connectivity index (χ1v) is 19.9. The van der Waals surface area contributed by atoms with Gasteiger partial charge in [0.05, 0.1) is 26.2 Å². The van der Waals surface area contributed by atoms with Crippen LogP contribution in [0.1, 0.15) is 129 Å². The highest BCUT2D eigenvalue weighted by Gasteiger charge is 2.25. The van der Waals surface area contributed by atoms with Gasteiger partial charge in [-0.15, -0.1) is 0 Å². The fourth-order valence-electron chi connectivity index (χ4n) is 4.48. The molecule has 0 saturated heterocycles. The Kier molecular flexibility index (Phi) is 34.7. The van der Waals surface area contributed by atoms with Crippen molar-refractivity contribution in [2.75, 3.05) is 33.0 Å². The van der Waals surface area contributed by atoms with Gasteiger partial charge in [-0.05, 0) is 64.2 Å². The third-order valence-electron chi connectivity index (χ3n) is 7.14. The highest BCUT2D eigenvalue weighted by atomic mass is 31.2. The fraction of sp³-hybridized carbons (Fsp3) is 0.667. The first kappa shape index (κ1) is 45.9. The Hall–Kier alpha value is -2.06. The van der Waals surface area contributed by atoms with E-state index in [1.165, 1.54) is 51.4 Å². The molecule has 0 aromatic carbocycles. The number of ether oxygens (including phenoxy) is 2. The summed E-state index contributed by atoms with van der Waals surface area (Å²) in [6, 6.07) is 0. The molecule has 0 aliphatic rings. The van der Waals surface area contributed by atoms with Gasteiger partial charge in [-0.3, -0.25) is 13.8 Å². The van der Waals surface area contributed by atoms with E-state index in [9.17, 15) is 14.3 Å². The number of carbonyl (C=O) groups excluding carboxylic acids is 1. The summed E-state index contributed by atoms with van der Waals surface area (Å²) in [5.74, 6) is -0.462. The summed E-state index contributed by atoms with van der Waals surface area (Å²) in [5, 5.41) is 0. The summed E-state index contributed by atoms with van der Waals surface area (Å²) in [6.07, 6.45) is 43.7. The lowest BCUT2D eigenvalue weighted by Crippen LogP contribution is -2.28. The first-order chi connectivity index (χ1) is 23.4. The topological polar surface area (TPSA) is 117 Å². The van der Waals surface area contributed by atoms with Crippen LogP contribution in [-0.2, 0) is 27.9 Å². The molecule has 0 spiro atoms. The zero-order valence-electron chi connectivity index (χ0n) is 30.2. The van der Waals surface area contributed by atoms with Crippen LogP contribution >= 0.6 is 7.82 Å². The third-order valence-corrected chi connectivity index (χ3v) is 8.12. The lowest BCUT2D eigenvalue weighted by atomic mass is 10.1. The van der Waals surface area contributed by atoms with Crippen LogP contribution in [0.5, 0.6) is 0 Å². The molecule has 0 amide bonds. The molecule has 276 valence electrons. The number of hydrogen-bond donors (Lipinski definition) is 2. The van der Waals surface area contributed by atoms with Gasteiger partial charge in [0, 0.05) is 13.2 Å². The van der Waals surface area contributed by atoms with Crippen molar-refractivity contribution < 1.29 is 32.8 Å². The number of carbonyl (C=O) groups is 1. The van der Waals surface area contributed by atoms with Crippen LogP contribution in [0.4, 0.5) is 0 Å². The number of phosphoric acid groups is 1. The quantitative estimate of drug-likeness (QED) is 0.0296. The molecular formula is C39H68NO7P. The molecule has 0 heterocycles. The van der Waals surface area contributed by atoms with Crippen LogP contribution in [0.3, 0.4) is 0 Å². The van der Waals surface area contributed by atoms with E-state index in [1.54, 1.807) is 6.08 Å². The van der Waals surface area contributed by atoms with Crippen LogP contribution in [0.15, 0.2) is 72.9 Å². The minimum Gasteiger partial charge on any atom is -0.457 e. The lowest BCUT2D eigenvalue weighted by molar-refractivity contribution is -0.153. The Balaban J connectivity index is 4.29. The number of unbranched alkanes of at least 4 members (excludes halogenated alkanes) is 10. The molecule has 0 aliphatic carbocycles. The standard InChI is InChI=1S/C39H68NO7P/c1-3-5-7-9-11-13-15-17-19-20-22-24-26-28-30-32-39(41)47-38(37-46-48(42,43)45-35-33-40)36-44-34-31-29-27-25-23-21-18-16-14-12-10-8-6-4-2/h5,7,11,13-14,16-17,19,22,24,28,30,38H,3-4,6,8-10,12,15,18,20-21,23,25-27,29,31-37,40H2,1-2H3,(H,42,43)/b7-5-,13-11-,16-14-,19-17-,24-22-,30-28-. The molecular weight excluding hydrogens is 625 g/mol. The number of phosphoric ester groups is 1. The molecule has 8 nitrogen and oxygen atoms in total. The Bertz CT molecular complexity index is 958. The van der Waals surface area contributed by atoms with Crippen molar-refractivity contribution in [3.05, 3.63) is 72.9 Å². The Morgan fingerprint density at radius 1 is 0.646 bits per heavy atom.